The van der Waals surface area contributed by atoms with E-state index in [0.717, 1.165) is 37.5 Å². The van der Waals surface area contributed by atoms with Gasteiger partial charge >= 0.3 is 0 Å². The quantitative estimate of drug-likeness (QED) is 0.659. The molecular formula is C13H15BrN6O2. The third kappa shape index (κ3) is 2.80. The van der Waals surface area contributed by atoms with Crippen LogP contribution in [-0.2, 0) is 13.0 Å². The van der Waals surface area contributed by atoms with Crippen LogP contribution in [0.2, 0.25) is 0 Å². The van der Waals surface area contributed by atoms with Crippen LogP contribution in [0.15, 0.2) is 16.7 Å². The summed E-state index contributed by atoms with van der Waals surface area (Å²) in [6.45, 7) is 2.90. The summed E-state index contributed by atoms with van der Waals surface area (Å²) in [7, 11) is 0. The average molecular weight is 367 g/mol. The van der Waals surface area contributed by atoms with Gasteiger partial charge in [-0.15, -0.1) is 10.2 Å². The third-order valence-corrected chi connectivity index (χ3v) is 4.27. The molecule has 0 radical (unpaired) electrons. The van der Waals surface area contributed by atoms with Crippen molar-refractivity contribution in [2.75, 3.05) is 5.32 Å². The predicted octanol–water partition coefficient (Wildman–Crippen LogP) is 2.85. The van der Waals surface area contributed by atoms with Gasteiger partial charge < -0.3 is 9.88 Å². The Kier molecular flexibility index (Phi) is 4.06. The van der Waals surface area contributed by atoms with Crippen molar-refractivity contribution < 1.29 is 4.92 Å². The number of halogens is 1. The topological polar surface area (TPSA) is 98.8 Å². The van der Waals surface area contributed by atoms with Gasteiger partial charge in [0.1, 0.15) is 17.8 Å². The first-order chi connectivity index (χ1) is 10.6. The molecule has 22 heavy (non-hydrogen) atoms. The molecule has 1 aliphatic rings. The Labute approximate surface area is 135 Å². The normalized spacial score (nSPS) is 15.2. The molecule has 9 heteroatoms. The van der Waals surface area contributed by atoms with Crippen molar-refractivity contribution in [1.82, 2.24) is 19.7 Å². The minimum atomic E-state index is -0.472. The summed E-state index contributed by atoms with van der Waals surface area (Å²) in [5.74, 6) is 2.43. The van der Waals surface area contributed by atoms with Crippen molar-refractivity contribution in [3.8, 4) is 0 Å². The lowest BCUT2D eigenvalue weighted by atomic mass is 10.1. The van der Waals surface area contributed by atoms with Crippen LogP contribution < -0.4 is 5.32 Å². The Balaban J connectivity index is 1.81. The van der Waals surface area contributed by atoms with Crippen LogP contribution >= 0.6 is 15.9 Å². The second-order valence-corrected chi connectivity index (χ2v) is 6.08. The first kappa shape index (κ1) is 14.9. The van der Waals surface area contributed by atoms with E-state index < -0.39 is 4.92 Å². The zero-order chi connectivity index (χ0) is 15.7. The molecule has 0 saturated heterocycles. The van der Waals surface area contributed by atoms with E-state index in [-0.39, 0.29) is 11.7 Å². The number of fused-ring (bicyclic) bond motifs is 1. The summed E-state index contributed by atoms with van der Waals surface area (Å²) in [6, 6.07) is 1.34. The molecule has 0 spiro atoms. The molecule has 1 aliphatic heterocycles. The number of rotatable bonds is 4. The number of hydrogen-bond acceptors (Lipinski definition) is 6. The molecule has 3 rings (SSSR count). The molecule has 0 bridgehead atoms. The number of nitrogens with one attached hydrogen (secondary N) is 1. The van der Waals surface area contributed by atoms with Crippen molar-refractivity contribution in [2.24, 2.45) is 0 Å². The van der Waals surface area contributed by atoms with Gasteiger partial charge in [0.2, 0.25) is 0 Å². The molecular weight excluding hydrogens is 352 g/mol. The smallest absolute Gasteiger partial charge is 0.288 e. The highest BCUT2D eigenvalue weighted by Crippen LogP contribution is 2.28. The van der Waals surface area contributed by atoms with Gasteiger partial charge in [0.05, 0.1) is 15.4 Å². The summed E-state index contributed by atoms with van der Waals surface area (Å²) in [6.07, 6.45) is 4.47. The molecule has 8 nitrogen and oxygen atoms in total. The monoisotopic (exact) mass is 366 g/mol. The molecule has 1 atom stereocenters. The van der Waals surface area contributed by atoms with Crippen LogP contribution in [0.25, 0.3) is 0 Å². The second-order valence-electron chi connectivity index (χ2n) is 5.23. The van der Waals surface area contributed by atoms with Gasteiger partial charge in [0.25, 0.3) is 5.69 Å². The van der Waals surface area contributed by atoms with Gasteiger partial charge in [-0.05, 0) is 35.7 Å². The maximum absolute atomic E-state index is 10.7. The standard InChI is InChI=1S/C13H15BrN6O2/c1-8(13-18-17-11-4-2-3-5-19(11)13)16-12-10(14)6-9(7-15-12)20(21)22/h6-8H,2-5H2,1H3,(H,15,16). The van der Waals surface area contributed by atoms with Gasteiger partial charge in [-0.2, -0.15) is 0 Å². The highest BCUT2D eigenvalue weighted by atomic mass is 79.9. The van der Waals surface area contributed by atoms with Crippen molar-refractivity contribution >= 4 is 27.4 Å². The lowest BCUT2D eigenvalue weighted by Gasteiger charge is -2.19. The van der Waals surface area contributed by atoms with Crippen LogP contribution in [0.1, 0.15) is 37.5 Å². The van der Waals surface area contributed by atoms with E-state index in [1.54, 1.807) is 0 Å². The Hall–Kier alpha value is -2.03. The van der Waals surface area contributed by atoms with Crippen molar-refractivity contribution in [3.05, 3.63) is 38.5 Å². The minimum absolute atomic E-state index is 0.0510. The average Bonchev–Trinajstić information content (AvgIpc) is 2.93. The number of anilines is 1. The summed E-state index contributed by atoms with van der Waals surface area (Å²) in [5.41, 5.74) is -0.0510. The number of aryl methyl sites for hydroxylation is 1. The number of nitrogens with zero attached hydrogens (tertiary/aromatic N) is 5. The number of hydrogen-bond donors (Lipinski definition) is 1. The van der Waals surface area contributed by atoms with Crippen molar-refractivity contribution in [1.29, 1.82) is 0 Å². The number of nitro groups is 1. The lowest BCUT2D eigenvalue weighted by Crippen LogP contribution is -2.18. The van der Waals surface area contributed by atoms with E-state index in [1.807, 2.05) is 6.92 Å². The molecule has 0 saturated carbocycles. The van der Waals surface area contributed by atoms with E-state index in [0.29, 0.717) is 10.3 Å². The highest BCUT2D eigenvalue weighted by Gasteiger charge is 2.21. The van der Waals surface area contributed by atoms with Crippen molar-refractivity contribution in [2.45, 2.75) is 38.8 Å². The van der Waals surface area contributed by atoms with E-state index in [1.165, 1.54) is 12.3 Å². The van der Waals surface area contributed by atoms with Crippen LogP contribution in [0.4, 0.5) is 11.5 Å². The first-order valence-corrected chi connectivity index (χ1v) is 7.84. The zero-order valence-electron chi connectivity index (χ0n) is 12.0. The summed E-state index contributed by atoms with van der Waals surface area (Å²) < 4.78 is 2.69. The molecule has 0 fully saturated rings. The van der Waals surface area contributed by atoms with Crippen LogP contribution in [0.5, 0.6) is 0 Å². The molecule has 1 N–H and O–H groups in total. The molecule has 0 aromatic carbocycles. The largest absolute Gasteiger partial charge is 0.359 e. The van der Waals surface area contributed by atoms with Gasteiger partial charge in [-0.25, -0.2) is 4.98 Å². The van der Waals surface area contributed by atoms with Gasteiger partial charge in [0, 0.05) is 19.0 Å². The lowest BCUT2D eigenvalue weighted by molar-refractivity contribution is -0.385. The molecule has 2 aromatic heterocycles. The maximum Gasteiger partial charge on any atom is 0.288 e. The predicted molar refractivity (Wildman–Crippen MR) is 83.6 cm³/mol. The molecule has 0 aliphatic carbocycles. The fourth-order valence-electron chi connectivity index (χ4n) is 2.55. The molecule has 3 heterocycles. The second kappa shape index (κ2) is 5.99. The van der Waals surface area contributed by atoms with E-state index >= 15 is 0 Å². The highest BCUT2D eigenvalue weighted by molar-refractivity contribution is 9.10. The Bertz CT molecular complexity index is 717. The van der Waals surface area contributed by atoms with Crippen molar-refractivity contribution in [3.63, 3.8) is 0 Å². The summed E-state index contributed by atoms with van der Waals surface area (Å²) in [5, 5.41) is 22.5. The summed E-state index contributed by atoms with van der Waals surface area (Å²) >= 11 is 3.31. The van der Waals surface area contributed by atoms with Gasteiger partial charge in [-0.3, -0.25) is 10.1 Å². The van der Waals surface area contributed by atoms with E-state index in [4.69, 9.17) is 0 Å². The third-order valence-electron chi connectivity index (χ3n) is 3.67. The number of pyridine rings is 1. The van der Waals surface area contributed by atoms with Crippen LogP contribution in [0.3, 0.4) is 0 Å². The summed E-state index contributed by atoms with van der Waals surface area (Å²) in [4.78, 5) is 14.4. The molecule has 0 amide bonds. The maximum atomic E-state index is 10.7. The Morgan fingerprint density at radius 2 is 2.27 bits per heavy atom. The SMILES string of the molecule is CC(Nc1ncc([N+](=O)[O-])cc1Br)c1nnc2n1CCCC2. The molecule has 1 unspecified atom stereocenters. The van der Waals surface area contributed by atoms with Gasteiger partial charge in [-0.1, -0.05) is 0 Å². The Morgan fingerprint density at radius 1 is 1.45 bits per heavy atom. The van der Waals surface area contributed by atoms with Crippen LogP contribution in [-0.4, -0.2) is 24.7 Å². The molecule has 2 aromatic rings. The fraction of sp³-hybridized carbons (Fsp3) is 0.462. The molecule has 116 valence electrons. The zero-order valence-corrected chi connectivity index (χ0v) is 13.6. The number of aromatic nitrogens is 4. The fourth-order valence-corrected chi connectivity index (χ4v) is 3.01. The first-order valence-electron chi connectivity index (χ1n) is 7.04. The van der Waals surface area contributed by atoms with Crippen LogP contribution in [0, 0.1) is 10.1 Å². The minimum Gasteiger partial charge on any atom is -0.359 e. The van der Waals surface area contributed by atoms with Gasteiger partial charge in [0.15, 0.2) is 5.82 Å². The van der Waals surface area contributed by atoms with E-state index in [9.17, 15) is 10.1 Å². The van der Waals surface area contributed by atoms with E-state index in [2.05, 4.69) is 41.0 Å². The Morgan fingerprint density at radius 3 is 3.00 bits per heavy atom.